The van der Waals surface area contributed by atoms with Gasteiger partial charge >= 0.3 is 0 Å². The summed E-state index contributed by atoms with van der Waals surface area (Å²) in [5.41, 5.74) is 2.42. The van der Waals surface area contributed by atoms with E-state index in [9.17, 15) is 0 Å². The molecule has 0 spiro atoms. The summed E-state index contributed by atoms with van der Waals surface area (Å²) in [5.74, 6) is 1.73. The van der Waals surface area contributed by atoms with Crippen molar-refractivity contribution in [2.24, 2.45) is 0 Å². The molecule has 0 aliphatic rings. The SMILES string of the molecule is c1ccc(Oc2cccc(-c3ccsc3)c2)cc1. The second-order valence-electron chi connectivity index (χ2n) is 3.95. The molecular formula is C16H12OS. The Kier molecular flexibility index (Phi) is 3.11. The van der Waals surface area contributed by atoms with Gasteiger partial charge in [-0.15, -0.1) is 0 Å². The summed E-state index contributed by atoms with van der Waals surface area (Å²) < 4.78 is 5.82. The van der Waals surface area contributed by atoms with Crippen molar-refractivity contribution in [3.8, 4) is 22.6 Å². The smallest absolute Gasteiger partial charge is 0.128 e. The van der Waals surface area contributed by atoms with E-state index in [1.54, 1.807) is 11.3 Å². The molecule has 0 aliphatic carbocycles. The first-order chi connectivity index (χ1) is 8.92. The van der Waals surface area contributed by atoms with E-state index in [2.05, 4.69) is 29.0 Å². The van der Waals surface area contributed by atoms with Gasteiger partial charge in [-0.3, -0.25) is 0 Å². The minimum Gasteiger partial charge on any atom is -0.457 e. The highest BCUT2D eigenvalue weighted by Crippen LogP contribution is 2.28. The number of thiophene rings is 1. The number of hydrogen-bond donors (Lipinski definition) is 0. The molecule has 0 atom stereocenters. The van der Waals surface area contributed by atoms with Crippen molar-refractivity contribution in [3.63, 3.8) is 0 Å². The number of benzene rings is 2. The quantitative estimate of drug-likeness (QED) is 0.622. The van der Waals surface area contributed by atoms with Gasteiger partial charge in [0, 0.05) is 0 Å². The van der Waals surface area contributed by atoms with Crippen molar-refractivity contribution in [1.29, 1.82) is 0 Å². The van der Waals surface area contributed by atoms with Gasteiger partial charge in [-0.2, -0.15) is 11.3 Å². The molecule has 0 bridgehead atoms. The molecule has 0 fully saturated rings. The molecule has 3 aromatic rings. The largest absolute Gasteiger partial charge is 0.457 e. The van der Waals surface area contributed by atoms with Crippen molar-refractivity contribution >= 4 is 11.3 Å². The first-order valence-electron chi connectivity index (χ1n) is 5.77. The van der Waals surface area contributed by atoms with Gasteiger partial charge in [-0.1, -0.05) is 30.3 Å². The normalized spacial score (nSPS) is 10.2. The molecule has 0 radical (unpaired) electrons. The highest BCUT2D eigenvalue weighted by atomic mass is 32.1. The van der Waals surface area contributed by atoms with Crippen LogP contribution in [0.25, 0.3) is 11.1 Å². The van der Waals surface area contributed by atoms with Crippen LogP contribution in [-0.4, -0.2) is 0 Å². The first-order valence-corrected chi connectivity index (χ1v) is 6.72. The van der Waals surface area contributed by atoms with Crippen LogP contribution in [-0.2, 0) is 0 Å². The summed E-state index contributed by atoms with van der Waals surface area (Å²) in [6.45, 7) is 0. The minimum atomic E-state index is 0.861. The molecule has 2 aromatic carbocycles. The van der Waals surface area contributed by atoms with Crippen LogP contribution >= 0.6 is 11.3 Å². The van der Waals surface area contributed by atoms with Crippen molar-refractivity contribution in [1.82, 2.24) is 0 Å². The molecule has 0 saturated carbocycles. The fourth-order valence-electron chi connectivity index (χ4n) is 1.79. The van der Waals surface area contributed by atoms with Crippen LogP contribution in [0.4, 0.5) is 0 Å². The van der Waals surface area contributed by atoms with E-state index in [1.165, 1.54) is 11.1 Å². The van der Waals surface area contributed by atoms with Crippen LogP contribution < -0.4 is 4.74 Å². The summed E-state index contributed by atoms with van der Waals surface area (Å²) in [6.07, 6.45) is 0. The van der Waals surface area contributed by atoms with Crippen LogP contribution in [0.2, 0.25) is 0 Å². The van der Waals surface area contributed by atoms with Crippen molar-refractivity contribution < 1.29 is 4.74 Å². The maximum absolute atomic E-state index is 5.82. The van der Waals surface area contributed by atoms with Crippen LogP contribution in [0.5, 0.6) is 11.5 Å². The number of ether oxygens (including phenoxy) is 1. The zero-order valence-corrected chi connectivity index (χ0v) is 10.6. The molecule has 0 saturated heterocycles. The standard InChI is InChI=1S/C16H12OS/c1-2-6-15(7-3-1)17-16-8-4-5-13(11-16)14-9-10-18-12-14/h1-12H. The Bertz CT molecular complexity index is 615. The summed E-state index contributed by atoms with van der Waals surface area (Å²) in [5, 5.41) is 4.22. The molecule has 1 nitrogen and oxygen atoms in total. The molecule has 2 heteroatoms. The van der Waals surface area contributed by atoms with E-state index in [1.807, 2.05) is 42.5 Å². The average Bonchev–Trinajstić information content (AvgIpc) is 2.94. The van der Waals surface area contributed by atoms with Crippen molar-refractivity contribution in [3.05, 3.63) is 71.4 Å². The zero-order chi connectivity index (χ0) is 12.2. The molecule has 0 unspecified atom stereocenters. The Morgan fingerprint density at radius 2 is 1.56 bits per heavy atom. The van der Waals surface area contributed by atoms with Gasteiger partial charge in [0.25, 0.3) is 0 Å². The Morgan fingerprint density at radius 3 is 2.33 bits per heavy atom. The Labute approximate surface area is 110 Å². The summed E-state index contributed by atoms with van der Waals surface area (Å²) in [6, 6.07) is 20.1. The second kappa shape index (κ2) is 5.07. The lowest BCUT2D eigenvalue weighted by Crippen LogP contribution is -1.84. The lowest BCUT2D eigenvalue weighted by Gasteiger charge is -2.06. The zero-order valence-electron chi connectivity index (χ0n) is 9.74. The first kappa shape index (κ1) is 11.1. The predicted octanol–water partition coefficient (Wildman–Crippen LogP) is 5.21. The topological polar surface area (TPSA) is 9.23 Å². The van der Waals surface area contributed by atoms with Gasteiger partial charge in [-0.05, 0) is 52.2 Å². The Balaban J connectivity index is 1.88. The molecule has 18 heavy (non-hydrogen) atoms. The molecule has 88 valence electrons. The second-order valence-corrected chi connectivity index (χ2v) is 4.74. The van der Waals surface area contributed by atoms with Gasteiger partial charge in [0.05, 0.1) is 0 Å². The van der Waals surface area contributed by atoms with E-state index in [4.69, 9.17) is 4.74 Å². The maximum Gasteiger partial charge on any atom is 0.128 e. The third-order valence-corrected chi connectivity index (χ3v) is 3.35. The molecule has 0 N–H and O–H groups in total. The lowest BCUT2D eigenvalue weighted by atomic mass is 10.1. The fraction of sp³-hybridized carbons (Fsp3) is 0. The predicted molar refractivity (Wildman–Crippen MR) is 76.3 cm³/mol. The van der Waals surface area contributed by atoms with E-state index in [0.717, 1.165) is 11.5 Å². The van der Waals surface area contributed by atoms with Crippen LogP contribution in [0, 0.1) is 0 Å². The van der Waals surface area contributed by atoms with Gasteiger partial charge in [0.2, 0.25) is 0 Å². The fourth-order valence-corrected chi connectivity index (χ4v) is 2.46. The highest BCUT2D eigenvalue weighted by Gasteiger charge is 2.01. The molecular weight excluding hydrogens is 240 g/mol. The van der Waals surface area contributed by atoms with Crippen LogP contribution in [0.15, 0.2) is 71.4 Å². The summed E-state index contributed by atoms with van der Waals surface area (Å²) >= 11 is 1.70. The Morgan fingerprint density at radius 1 is 0.722 bits per heavy atom. The average molecular weight is 252 g/mol. The van der Waals surface area contributed by atoms with Crippen LogP contribution in [0.1, 0.15) is 0 Å². The third kappa shape index (κ3) is 2.44. The van der Waals surface area contributed by atoms with Crippen LogP contribution in [0.3, 0.4) is 0 Å². The van der Waals surface area contributed by atoms with Gasteiger partial charge < -0.3 is 4.74 Å². The van der Waals surface area contributed by atoms with Gasteiger partial charge in [0.15, 0.2) is 0 Å². The van der Waals surface area contributed by atoms with Gasteiger partial charge in [0.1, 0.15) is 11.5 Å². The van der Waals surface area contributed by atoms with E-state index in [-0.39, 0.29) is 0 Å². The maximum atomic E-state index is 5.82. The third-order valence-electron chi connectivity index (χ3n) is 2.67. The van der Waals surface area contributed by atoms with Crippen molar-refractivity contribution in [2.45, 2.75) is 0 Å². The van der Waals surface area contributed by atoms with Crippen molar-refractivity contribution in [2.75, 3.05) is 0 Å². The molecule has 0 aliphatic heterocycles. The van der Waals surface area contributed by atoms with E-state index < -0.39 is 0 Å². The molecule has 1 aromatic heterocycles. The van der Waals surface area contributed by atoms with E-state index >= 15 is 0 Å². The summed E-state index contributed by atoms with van der Waals surface area (Å²) in [7, 11) is 0. The number of hydrogen-bond acceptors (Lipinski definition) is 2. The lowest BCUT2D eigenvalue weighted by molar-refractivity contribution is 0.483. The minimum absolute atomic E-state index is 0.861. The van der Waals surface area contributed by atoms with Gasteiger partial charge in [-0.25, -0.2) is 0 Å². The van der Waals surface area contributed by atoms with E-state index in [0.29, 0.717) is 0 Å². The number of rotatable bonds is 3. The number of para-hydroxylation sites is 1. The monoisotopic (exact) mass is 252 g/mol. The summed E-state index contributed by atoms with van der Waals surface area (Å²) in [4.78, 5) is 0. The Hall–Kier alpha value is -2.06. The molecule has 1 heterocycles. The highest BCUT2D eigenvalue weighted by molar-refractivity contribution is 7.08. The molecule has 3 rings (SSSR count). The molecule has 0 amide bonds.